The molecule has 24 heavy (non-hydrogen) atoms. The molecule has 4 nitrogen and oxygen atoms in total. The van der Waals surface area contributed by atoms with E-state index in [9.17, 15) is 13.2 Å². The first-order valence-electron chi connectivity index (χ1n) is 8.17. The molecule has 1 aromatic heterocycles. The number of amides is 1. The molecule has 1 aromatic carbocycles. The number of fused-ring (bicyclic) bond motifs is 1. The number of anilines is 1. The van der Waals surface area contributed by atoms with Crippen LogP contribution in [0.3, 0.4) is 0 Å². The van der Waals surface area contributed by atoms with Gasteiger partial charge in [0.25, 0.3) is 0 Å². The second-order valence-electron chi connectivity index (χ2n) is 6.53. The van der Waals surface area contributed by atoms with Crippen molar-refractivity contribution in [3.63, 3.8) is 0 Å². The SMILES string of the molecule is CN1C(=O)Cc2cc(-c3ccc(C4CCCCS4(=O)=O)s3)ccc21. The summed E-state index contributed by atoms with van der Waals surface area (Å²) in [5.74, 6) is 0.417. The summed E-state index contributed by atoms with van der Waals surface area (Å²) in [6.07, 6.45) is 2.93. The van der Waals surface area contributed by atoms with E-state index >= 15 is 0 Å². The Morgan fingerprint density at radius 2 is 2.00 bits per heavy atom. The number of hydrogen-bond donors (Lipinski definition) is 0. The summed E-state index contributed by atoms with van der Waals surface area (Å²) >= 11 is 1.56. The number of hydrogen-bond acceptors (Lipinski definition) is 4. The summed E-state index contributed by atoms with van der Waals surface area (Å²) < 4.78 is 24.6. The second kappa shape index (κ2) is 5.70. The normalized spacial score (nSPS) is 22.6. The predicted molar refractivity (Wildman–Crippen MR) is 97.2 cm³/mol. The molecule has 2 aliphatic heterocycles. The van der Waals surface area contributed by atoms with E-state index in [1.165, 1.54) is 0 Å². The van der Waals surface area contributed by atoms with Crippen LogP contribution in [0.15, 0.2) is 30.3 Å². The Kier molecular flexibility index (Phi) is 3.77. The van der Waals surface area contributed by atoms with Crippen LogP contribution in [-0.2, 0) is 21.1 Å². The number of carbonyl (C=O) groups is 1. The van der Waals surface area contributed by atoms with Crippen molar-refractivity contribution in [1.82, 2.24) is 0 Å². The Labute approximate surface area is 146 Å². The zero-order valence-electron chi connectivity index (χ0n) is 13.5. The summed E-state index contributed by atoms with van der Waals surface area (Å²) in [5.41, 5.74) is 3.07. The molecular formula is C18H19NO3S2. The molecule has 1 fully saturated rings. The Bertz CT molecular complexity index is 914. The topological polar surface area (TPSA) is 54.5 Å². The van der Waals surface area contributed by atoms with Crippen molar-refractivity contribution in [2.75, 3.05) is 17.7 Å². The molecular weight excluding hydrogens is 342 g/mol. The van der Waals surface area contributed by atoms with Crippen LogP contribution in [0.5, 0.6) is 0 Å². The Morgan fingerprint density at radius 1 is 1.17 bits per heavy atom. The Hall–Kier alpha value is -1.66. The summed E-state index contributed by atoms with van der Waals surface area (Å²) in [6, 6.07) is 10.0. The number of sulfone groups is 1. The average molecular weight is 361 g/mol. The number of likely N-dealkylation sites (N-methyl/N-ethyl adjacent to an activating group) is 1. The van der Waals surface area contributed by atoms with Gasteiger partial charge in [0.2, 0.25) is 5.91 Å². The Morgan fingerprint density at radius 3 is 2.79 bits per heavy atom. The monoisotopic (exact) mass is 361 g/mol. The van der Waals surface area contributed by atoms with E-state index in [2.05, 4.69) is 6.07 Å². The lowest BCUT2D eigenvalue weighted by Crippen LogP contribution is -2.20. The van der Waals surface area contributed by atoms with Crippen LogP contribution in [-0.4, -0.2) is 27.1 Å². The summed E-state index contributed by atoms with van der Waals surface area (Å²) in [6.45, 7) is 0. The second-order valence-corrected chi connectivity index (χ2v) is 9.94. The van der Waals surface area contributed by atoms with Crippen LogP contribution in [0.2, 0.25) is 0 Å². The average Bonchev–Trinajstić information content (AvgIpc) is 3.13. The smallest absolute Gasteiger partial charge is 0.231 e. The van der Waals surface area contributed by atoms with Crippen molar-refractivity contribution >= 4 is 32.8 Å². The van der Waals surface area contributed by atoms with Crippen LogP contribution in [0.25, 0.3) is 10.4 Å². The fourth-order valence-electron chi connectivity index (χ4n) is 3.58. The molecule has 4 rings (SSSR count). The molecule has 1 unspecified atom stereocenters. The van der Waals surface area contributed by atoms with Crippen molar-refractivity contribution in [1.29, 1.82) is 0 Å². The quantitative estimate of drug-likeness (QED) is 0.822. The Balaban J connectivity index is 1.67. The maximum Gasteiger partial charge on any atom is 0.231 e. The highest BCUT2D eigenvalue weighted by Crippen LogP contribution is 2.41. The highest BCUT2D eigenvalue weighted by molar-refractivity contribution is 7.91. The van der Waals surface area contributed by atoms with Crippen LogP contribution in [0, 0.1) is 0 Å². The maximum absolute atomic E-state index is 12.3. The van der Waals surface area contributed by atoms with E-state index in [0.29, 0.717) is 12.2 Å². The largest absolute Gasteiger partial charge is 0.315 e. The van der Waals surface area contributed by atoms with Crippen LogP contribution in [0.4, 0.5) is 5.69 Å². The molecule has 0 bridgehead atoms. The van der Waals surface area contributed by atoms with Crippen molar-refractivity contribution in [2.45, 2.75) is 30.9 Å². The molecule has 0 N–H and O–H groups in total. The van der Waals surface area contributed by atoms with Gasteiger partial charge in [-0.25, -0.2) is 8.42 Å². The maximum atomic E-state index is 12.3. The molecule has 0 saturated carbocycles. The zero-order valence-corrected chi connectivity index (χ0v) is 15.1. The van der Waals surface area contributed by atoms with Gasteiger partial charge in [0.15, 0.2) is 9.84 Å². The third kappa shape index (κ3) is 2.58. The van der Waals surface area contributed by atoms with Crippen LogP contribution in [0.1, 0.15) is 35.0 Å². The third-order valence-electron chi connectivity index (χ3n) is 4.96. The van der Waals surface area contributed by atoms with Crippen LogP contribution < -0.4 is 4.90 Å². The molecule has 126 valence electrons. The predicted octanol–water partition coefficient (Wildman–Crippen LogP) is 3.57. The van der Waals surface area contributed by atoms with Crippen molar-refractivity contribution < 1.29 is 13.2 Å². The lowest BCUT2D eigenvalue weighted by molar-refractivity contribution is -0.117. The summed E-state index contributed by atoms with van der Waals surface area (Å²) in [4.78, 5) is 15.5. The van der Waals surface area contributed by atoms with E-state index in [-0.39, 0.29) is 11.2 Å². The van der Waals surface area contributed by atoms with Gasteiger partial charge in [0.05, 0.1) is 17.4 Å². The van der Waals surface area contributed by atoms with Crippen LogP contribution >= 0.6 is 11.3 Å². The molecule has 1 amide bonds. The molecule has 0 aliphatic carbocycles. The fourth-order valence-corrected chi connectivity index (χ4v) is 7.03. The van der Waals surface area contributed by atoms with Gasteiger partial charge in [-0.1, -0.05) is 12.5 Å². The minimum atomic E-state index is -3.01. The van der Waals surface area contributed by atoms with Crippen molar-refractivity contribution in [3.8, 4) is 10.4 Å². The molecule has 1 saturated heterocycles. The standard InChI is InChI=1S/C18H19NO3S2/c1-19-14-6-5-12(10-13(14)11-18(19)20)15-7-8-16(23-15)17-4-2-3-9-24(17,21)22/h5-8,10,17H,2-4,9,11H2,1H3. The molecule has 0 radical (unpaired) electrons. The van der Waals surface area contributed by atoms with E-state index < -0.39 is 9.84 Å². The number of benzene rings is 1. The fraction of sp³-hybridized carbons (Fsp3) is 0.389. The van der Waals surface area contributed by atoms with E-state index in [4.69, 9.17) is 0 Å². The van der Waals surface area contributed by atoms with E-state index in [1.54, 1.807) is 23.3 Å². The first-order valence-corrected chi connectivity index (χ1v) is 10.7. The highest BCUT2D eigenvalue weighted by atomic mass is 32.2. The van der Waals surface area contributed by atoms with Gasteiger partial charge in [-0.2, -0.15) is 0 Å². The van der Waals surface area contributed by atoms with Gasteiger partial charge in [0, 0.05) is 22.5 Å². The molecule has 2 aromatic rings. The van der Waals surface area contributed by atoms with E-state index in [1.807, 2.05) is 24.3 Å². The number of rotatable bonds is 2. The number of nitrogens with zero attached hydrogens (tertiary/aromatic N) is 1. The molecule has 6 heteroatoms. The third-order valence-corrected chi connectivity index (χ3v) is 8.58. The minimum Gasteiger partial charge on any atom is -0.315 e. The van der Waals surface area contributed by atoms with Crippen molar-refractivity contribution in [2.24, 2.45) is 0 Å². The molecule has 2 aliphatic rings. The highest BCUT2D eigenvalue weighted by Gasteiger charge is 2.31. The van der Waals surface area contributed by atoms with Gasteiger partial charge in [0.1, 0.15) is 0 Å². The van der Waals surface area contributed by atoms with E-state index in [0.717, 1.165) is 45.8 Å². The summed E-state index contributed by atoms with van der Waals surface area (Å²) in [7, 11) is -1.21. The summed E-state index contributed by atoms with van der Waals surface area (Å²) in [5, 5.41) is -0.341. The molecule has 1 atom stereocenters. The van der Waals surface area contributed by atoms with Gasteiger partial charge < -0.3 is 4.90 Å². The lowest BCUT2D eigenvalue weighted by atomic mass is 10.1. The first-order chi connectivity index (χ1) is 11.5. The zero-order chi connectivity index (χ0) is 16.9. The minimum absolute atomic E-state index is 0.113. The molecule has 0 spiro atoms. The first kappa shape index (κ1) is 15.8. The lowest BCUT2D eigenvalue weighted by Gasteiger charge is -2.20. The van der Waals surface area contributed by atoms with Gasteiger partial charge in [-0.3, -0.25) is 4.79 Å². The van der Waals surface area contributed by atoms with Gasteiger partial charge in [-0.05, 0) is 48.2 Å². The van der Waals surface area contributed by atoms with Crippen molar-refractivity contribution in [3.05, 3.63) is 40.8 Å². The number of carbonyl (C=O) groups excluding carboxylic acids is 1. The molecule has 3 heterocycles. The van der Waals surface area contributed by atoms with Gasteiger partial charge >= 0.3 is 0 Å². The van der Waals surface area contributed by atoms with Gasteiger partial charge in [-0.15, -0.1) is 11.3 Å². The number of thiophene rings is 1.